The molecule has 0 aliphatic heterocycles. The Kier molecular flexibility index (Phi) is 13.0. The van der Waals surface area contributed by atoms with Gasteiger partial charge in [-0.05, 0) is 62.2 Å². The van der Waals surface area contributed by atoms with Crippen molar-refractivity contribution >= 4 is 42.0 Å². The van der Waals surface area contributed by atoms with E-state index in [1.54, 1.807) is 50.2 Å². The molecular weight excluding hydrogens is 547 g/mol. The first-order chi connectivity index (χ1) is 17.7. The van der Waals surface area contributed by atoms with Crippen LogP contribution in [0.4, 0.5) is 4.79 Å². The van der Waals surface area contributed by atoms with E-state index in [4.69, 9.17) is 36.3 Å². The summed E-state index contributed by atoms with van der Waals surface area (Å²) in [6.07, 6.45) is -2.12. The normalized spacial score (nSPS) is 12.8. The van der Waals surface area contributed by atoms with Crippen LogP contribution in [0, 0.1) is 5.41 Å². The Morgan fingerprint density at radius 1 is 0.923 bits per heavy atom. The Morgan fingerprint density at radius 3 is 2.05 bits per heavy atom. The van der Waals surface area contributed by atoms with E-state index < -0.39 is 30.1 Å². The van der Waals surface area contributed by atoms with Crippen LogP contribution in [0.2, 0.25) is 5.02 Å². The Labute approximate surface area is 241 Å². The van der Waals surface area contributed by atoms with E-state index in [1.165, 1.54) is 6.92 Å². The summed E-state index contributed by atoms with van der Waals surface area (Å²) in [6, 6.07) is 13.8. The van der Waals surface area contributed by atoms with Gasteiger partial charge in [-0.1, -0.05) is 44.5 Å². The van der Waals surface area contributed by atoms with Gasteiger partial charge < -0.3 is 30.0 Å². The third kappa shape index (κ3) is 11.3. The first kappa shape index (κ1) is 34.0. The quantitative estimate of drug-likeness (QED) is 0.269. The molecule has 2 atom stereocenters. The lowest BCUT2D eigenvalue weighted by Gasteiger charge is -2.29. The Bertz CT molecular complexity index is 1080. The van der Waals surface area contributed by atoms with E-state index in [9.17, 15) is 14.4 Å². The number of nitrogens with two attached hydrogens (primary N) is 1. The van der Waals surface area contributed by atoms with Crippen LogP contribution in [-0.4, -0.2) is 49.1 Å². The highest BCUT2D eigenvalue weighted by molar-refractivity contribution is 6.30. The number of hydrogen-bond acceptors (Lipinski definition) is 8. The molecule has 0 aliphatic rings. The summed E-state index contributed by atoms with van der Waals surface area (Å²) >= 11 is 5.85. The molecule has 0 heterocycles. The molecule has 2 aromatic carbocycles. The average molecular weight is 586 g/mol. The molecule has 0 saturated carbocycles. The second kappa shape index (κ2) is 15.0. The summed E-state index contributed by atoms with van der Waals surface area (Å²) in [7, 11) is 0. The van der Waals surface area contributed by atoms with E-state index >= 15 is 0 Å². The molecular formula is C28H38Cl2N2O7. The lowest BCUT2D eigenvalue weighted by Crippen LogP contribution is -2.42. The van der Waals surface area contributed by atoms with Crippen LogP contribution < -0.4 is 15.8 Å². The van der Waals surface area contributed by atoms with Gasteiger partial charge in [-0.25, -0.2) is 9.59 Å². The van der Waals surface area contributed by atoms with Gasteiger partial charge in [-0.2, -0.15) is 0 Å². The first-order valence-electron chi connectivity index (χ1n) is 12.3. The van der Waals surface area contributed by atoms with Gasteiger partial charge in [-0.3, -0.25) is 4.79 Å². The minimum Gasteiger partial charge on any atom is -0.476 e. The van der Waals surface area contributed by atoms with Crippen molar-refractivity contribution in [1.29, 1.82) is 0 Å². The molecule has 0 aliphatic carbocycles. The first-order valence-corrected chi connectivity index (χ1v) is 12.7. The zero-order chi connectivity index (χ0) is 28.5. The van der Waals surface area contributed by atoms with Crippen molar-refractivity contribution in [2.75, 3.05) is 13.1 Å². The van der Waals surface area contributed by atoms with Crippen molar-refractivity contribution in [3.8, 4) is 5.75 Å². The fraction of sp³-hybridized carbons (Fsp3) is 0.464. The highest BCUT2D eigenvalue weighted by Gasteiger charge is 2.34. The summed E-state index contributed by atoms with van der Waals surface area (Å²) in [5.74, 6) is -0.454. The molecule has 1 amide bonds. The number of benzene rings is 2. The summed E-state index contributed by atoms with van der Waals surface area (Å²) < 4.78 is 21.3. The summed E-state index contributed by atoms with van der Waals surface area (Å²) in [5.41, 5.74) is 5.44. The molecule has 3 N–H and O–H groups in total. The molecule has 2 unspecified atom stereocenters. The van der Waals surface area contributed by atoms with E-state index in [0.717, 1.165) is 5.56 Å². The molecule has 0 fully saturated rings. The van der Waals surface area contributed by atoms with Crippen molar-refractivity contribution < 1.29 is 33.3 Å². The molecule has 0 saturated heterocycles. The number of carbonyl (C=O) groups is 3. The van der Waals surface area contributed by atoms with Crippen LogP contribution in [0.25, 0.3) is 0 Å². The van der Waals surface area contributed by atoms with Gasteiger partial charge >= 0.3 is 12.1 Å². The molecule has 39 heavy (non-hydrogen) atoms. The molecule has 0 spiro atoms. The van der Waals surface area contributed by atoms with Crippen molar-refractivity contribution in [2.24, 2.45) is 11.1 Å². The van der Waals surface area contributed by atoms with Crippen molar-refractivity contribution in [1.82, 2.24) is 5.32 Å². The predicted molar refractivity (Wildman–Crippen MR) is 151 cm³/mol. The Hall–Kier alpha value is -3.01. The van der Waals surface area contributed by atoms with E-state index in [-0.39, 0.29) is 30.3 Å². The SMILES string of the molecule is CC(OC(=O)OC(CN)C(C)(C)C)OC(=O)C(C)(C)Oc1ccc(CCNC(=O)c2ccc(Cl)cc2)cc1.Cl. The maximum atomic E-state index is 12.7. The largest absolute Gasteiger partial charge is 0.511 e. The van der Waals surface area contributed by atoms with Crippen LogP contribution >= 0.6 is 24.0 Å². The lowest BCUT2D eigenvalue weighted by molar-refractivity contribution is -0.184. The maximum absolute atomic E-state index is 12.7. The van der Waals surface area contributed by atoms with Crippen molar-refractivity contribution in [3.05, 3.63) is 64.7 Å². The van der Waals surface area contributed by atoms with Crippen LogP contribution in [0.5, 0.6) is 5.75 Å². The molecule has 0 radical (unpaired) electrons. The summed E-state index contributed by atoms with van der Waals surface area (Å²) in [4.78, 5) is 36.9. The van der Waals surface area contributed by atoms with Gasteiger partial charge in [0.05, 0.1) is 0 Å². The van der Waals surface area contributed by atoms with E-state index in [1.807, 2.05) is 32.9 Å². The number of carbonyl (C=O) groups excluding carboxylic acids is 3. The standard InChI is InChI=1S/C28H37ClN2O7.ClH/c1-18(36-26(34)37-23(17-30)27(2,3)4)35-25(33)28(5,6)38-22-13-7-19(8-14-22)15-16-31-24(32)20-9-11-21(29)12-10-20;/h7-14,18,23H,15-17,30H2,1-6H3,(H,31,32);1H. The third-order valence-corrected chi connectivity index (χ3v) is 5.80. The van der Waals surface area contributed by atoms with Crippen LogP contribution in [0.3, 0.4) is 0 Å². The minimum atomic E-state index is -1.36. The fourth-order valence-corrected chi connectivity index (χ4v) is 3.38. The second-order valence-corrected chi connectivity index (χ2v) is 10.8. The average Bonchev–Trinajstić information content (AvgIpc) is 2.83. The zero-order valence-corrected chi connectivity index (χ0v) is 24.7. The van der Waals surface area contributed by atoms with Gasteiger partial charge in [0.2, 0.25) is 6.29 Å². The van der Waals surface area contributed by atoms with E-state index in [0.29, 0.717) is 29.3 Å². The number of nitrogens with one attached hydrogen (secondary N) is 1. The highest BCUT2D eigenvalue weighted by atomic mass is 35.5. The topological polar surface area (TPSA) is 126 Å². The molecule has 9 nitrogen and oxygen atoms in total. The monoisotopic (exact) mass is 584 g/mol. The number of esters is 1. The van der Waals surface area contributed by atoms with Crippen molar-refractivity contribution in [2.45, 2.75) is 66.0 Å². The smallest absolute Gasteiger partial charge is 0.476 e. The number of amides is 1. The zero-order valence-electron chi connectivity index (χ0n) is 23.1. The van der Waals surface area contributed by atoms with Crippen LogP contribution in [0.15, 0.2) is 48.5 Å². The molecule has 0 bridgehead atoms. The van der Waals surface area contributed by atoms with Crippen molar-refractivity contribution in [3.63, 3.8) is 0 Å². The number of hydrogen-bond donors (Lipinski definition) is 2. The maximum Gasteiger partial charge on any atom is 0.511 e. The van der Waals surface area contributed by atoms with Gasteiger partial charge in [0.15, 0.2) is 5.60 Å². The van der Waals surface area contributed by atoms with Crippen LogP contribution in [-0.2, 0) is 25.4 Å². The molecule has 2 rings (SSSR count). The lowest BCUT2D eigenvalue weighted by atomic mass is 9.89. The number of ether oxygens (including phenoxy) is 4. The summed E-state index contributed by atoms with van der Waals surface area (Å²) in [5, 5.41) is 3.43. The molecule has 0 aromatic heterocycles. The highest BCUT2D eigenvalue weighted by Crippen LogP contribution is 2.23. The fourth-order valence-electron chi connectivity index (χ4n) is 3.26. The Morgan fingerprint density at radius 2 is 1.51 bits per heavy atom. The number of halogens is 2. The molecule has 2 aromatic rings. The second-order valence-electron chi connectivity index (χ2n) is 10.3. The molecule has 216 valence electrons. The summed E-state index contributed by atoms with van der Waals surface area (Å²) in [6.45, 7) is 10.7. The Balaban J connectivity index is 0.00000760. The van der Waals surface area contributed by atoms with Gasteiger partial charge in [0.1, 0.15) is 11.9 Å². The van der Waals surface area contributed by atoms with E-state index in [2.05, 4.69) is 5.32 Å². The van der Waals surface area contributed by atoms with Crippen LogP contribution in [0.1, 0.15) is 57.5 Å². The number of rotatable bonds is 11. The third-order valence-electron chi connectivity index (χ3n) is 5.55. The predicted octanol–water partition coefficient (Wildman–Crippen LogP) is 5.31. The van der Waals surface area contributed by atoms with Gasteiger partial charge in [-0.15, -0.1) is 12.4 Å². The van der Waals surface area contributed by atoms with Gasteiger partial charge in [0.25, 0.3) is 5.91 Å². The molecule has 11 heteroatoms. The minimum absolute atomic E-state index is 0. The van der Waals surface area contributed by atoms with Gasteiger partial charge in [0, 0.05) is 36.0 Å².